The van der Waals surface area contributed by atoms with Crippen LogP contribution in [-0.2, 0) is 22.7 Å². The number of hydrogen-bond acceptors (Lipinski definition) is 3. The van der Waals surface area contributed by atoms with Gasteiger partial charge in [-0.25, -0.2) is 0 Å². The van der Waals surface area contributed by atoms with Gasteiger partial charge in [-0.2, -0.15) is 0 Å². The van der Waals surface area contributed by atoms with Crippen molar-refractivity contribution in [3.8, 4) is 11.3 Å². The molecule has 1 aromatic heterocycles. The molecule has 35 heavy (non-hydrogen) atoms. The average Bonchev–Trinajstić information content (AvgIpc) is 3.20. The van der Waals surface area contributed by atoms with Gasteiger partial charge in [-0.3, -0.25) is 14.5 Å². The van der Waals surface area contributed by atoms with Crippen LogP contribution in [0.25, 0.3) is 22.2 Å². The quantitative estimate of drug-likeness (QED) is 0.492. The number of nitrogens with one attached hydrogen (secondary N) is 1. The van der Waals surface area contributed by atoms with Gasteiger partial charge in [0, 0.05) is 43.6 Å². The molecule has 0 spiro atoms. The first-order valence-electron chi connectivity index (χ1n) is 12.2. The number of carbonyl (C=O) groups excluding carboxylic acids is 2. The molecule has 6 nitrogen and oxygen atoms in total. The van der Waals surface area contributed by atoms with E-state index in [0.717, 1.165) is 19.6 Å². The van der Waals surface area contributed by atoms with E-state index in [-0.39, 0.29) is 18.4 Å². The first-order valence-corrected chi connectivity index (χ1v) is 12.2. The Kier molecular flexibility index (Phi) is 5.58. The van der Waals surface area contributed by atoms with Gasteiger partial charge < -0.3 is 14.8 Å². The molecule has 0 saturated carbocycles. The first kappa shape index (κ1) is 21.6. The topological polar surface area (TPSA) is 57.6 Å². The maximum absolute atomic E-state index is 12.5. The third-order valence-corrected chi connectivity index (χ3v) is 7.19. The molecular weight excluding hydrogens is 436 g/mol. The molecule has 6 rings (SSSR count). The molecule has 2 aliphatic heterocycles. The van der Waals surface area contributed by atoms with Crippen LogP contribution in [0.2, 0.25) is 0 Å². The largest absolute Gasteiger partial charge is 0.345 e. The van der Waals surface area contributed by atoms with Crippen molar-refractivity contribution in [2.75, 3.05) is 26.2 Å². The lowest BCUT2D eigenvalue weighted by molar-refractivity contribution is -0.149. The summed E-state index contributed by atoms with van der Waals surface area (Å²) in [7, 11) is 0. The van der Waals surface area contributed by atoms with E-state index in [4.69, 9.17) is 0 Å². The summed E-state index contributed by atoms with van der Waals surface area (Å²) in [5.41, 5.74) is 6.11. The van der Waals surface area contributed by atoms with Gasteiger partial charge >= 0.3 is 0 Å². The van der Waals surface area contributed by atoms with Crippen molar-refractivity contribution in [2.45, 2.75) is 19.1 Å². The lowest BCUT2D eigenvalue weighted by Gasteiger charge is -2.43. The molecule has 1 unspecified atom stereocenters. The number of para-hydroxylation sites is 1. The Labute approximate surface area is 204 Å². The molecule has 176 valence electrons. The van der Waals surface area contributed by atoms with Crippen molar-refractivity contribution >= 4 is 22.7 Å². The molecule has 6 heteroatoms. The van der Waals surface area contributed by atoms with Crippen LogP contribution in [0.5, 0.6) is 0 Å². The predicted octanol–water partition coefficient (Wildman–Crippen LogP) is 3.50. The number of fused-ring (bicyclic) bond motifs is 2. The van der Waals surface area contributed by atoms with Crippen LogP contribution in [0.1, 0.15) is 11.1 Å². The van der Waals surface area contributed by atoms with Crippen molar-refractivity contribution in [1.29, 1.82) is 0 Å². The van der Waals surface area contributed by atoms with E-state index in [1.165, 1.54) is 33.3 Å². The summed E-state index contributed by atoms with van der Waals surface area (Å²) in [6.07, 6.45) is 0. The van der Waals surface area contributed by atoms with E-state index in [0.29, 0.717) is 13.1 Å². The van der Waals surface area contributed by atoms with E-state index in [1.54, 1.807) is 4.90 Å². The second kappa shape index (κ2) is 9.04. The highest BCUT2D eigenvalue weighted by Crippen LogP contribution is 2.36. The summed E-state index contributed by atoms with van der Waals surface area (Å²) in [4.78, 5) is 28.9. The maximum Gasteiger partial charge on any atom is 0.244 e. The minimum Gasteiger partial charge on any atom is -0.345 e. The fourth-order valence-electron chi connectivity index (χ4n) is 5.50. The normalized spacial score (nSPS) is 18.5. The van der Waals surface area contributed by atoms with Crippen LogP contribution in [0.15, 0.2) is 84.9 Å². The molecular formula is C29H28N4O2. The van der Waals surface area contributed by atoms with Gasteiger partial charge in [-0.15, -0.1) is 0 Å². The van der Waals surface area contributed by atoms with Crippen LogP contribution in [0, 0.1) is 0 Å². The molecule has 3 aromatic carbocycles. The molecule has 0 radical (unpaired) electrons. The highest BCUT2D eigenvalue weighted by Gasteiger charge is 2.39. The van der Waals surface area contributed by atoms with Crippen molar-refractivity contribution in [3.63, 3.8) is 0 Å². The van der Waals surface area contributed by atoms with E-state index in [1.807, 2.05) is 12.1 Å². The lowest BCUT2D eigenvalue weighted by atomic mass is 10.0. The van der Waals surface area contributed by atoms with Crippen LogP contribution >= 0.6 is 0 Å². The van der Waals surface area contributed by atoms with Gasteiger partial charge in [0.15, 0.2) is 0 Å². The van der Waals surface area contributed by atoms with Gasteiger partial charge in [-0.1, -0.05) is 78.9 Å². The minimum absolute atomic E-state index is 0.0127. The van der Waals surface area contributed by atoms with Crippen molar-refractivity contribution in [3.05, 3.63) is 96.1 Å². The van der Waals surface area contributed by atoms with E-state index < -0.39 is 6.04 Å². The third kappa shape index (κ3) is 4.00. The maximum atomic E-state index is 12.5. The Morgan fingerprint density at radius 3 is 2.31 bits per heavy atom. The van der Waals surface area contributed by atoms with Gasteiger partial charge in [0.1, 0.15) is 6.04 Å². The van der Waals surface area contributed by atoms with Crippen molar-refractivity contribution in [1.82, 2.24) is 19.7 Å². The number of benzene rings is 3. The third-order valence-electron chi connectivity index (χ3n) is 7.19. The van der Waals surface area contributed by atoms with E-state index in [9.17, 15) is 9.59 Å². The van der Waals surface area contributed by atoms with Crippen LogP contribution in [0.4, 0.5) is 0 Å². The fraction of sp³-hybridized carbons (Fsp3) is 0.241. The number of amides is 2. The number of rotatable bonds is 5. The Balaban J connectivity index is 1.43. The van der Waals surface area contributed by atoms with Gasteiger partial charge in [0.25, 0.3) is 0 Å². The van der Waals surface area contributed by atoms with Crippen LogP contribution < -0.4 is 5.32 Å². The standard InChI is InChI=1S/C29H28N4O2/c34-27-17-30-29(35)26-20-31(15-16-32(26)27)19-24-23-13-7-8-14-25(23)33(18-21-9-3-1-4-10-21)28(24)22-11-5-2-6-12-22/h1-14,26H,15-20H2,(H,30,35). The molecule has 1 N–H and O–H groups in total. The SMILES string of the molecule is O=C1NCC(=O)N2CCN(Cc3c(-c4ccccc4)n(Cc4ccccc4)c4ccccc34)CC12. The molecule has 3 heterocycles. The van der Waals surface area contributed by atoms with Gasteiger partial charge in [0.05, 0.1) is 12.2 Å². The highest BCUT2D eigenvalue weighted by atomic mass is 16.2. The first-order chi connectivity index (χ1) is 17.2. The number of hydrogen-bond donors (Lipinski definition) is 1. The van der Waals surface area contributed by atoms with Gasteiger partial charge in [-0.05, 0) is 22.8 Å². The van der Waals surface area contributed by atoms with Gasteiger partial charge in [0.2, 0.25) is 11.8 Å². The number of nitrogens with zero attached hydrogens (tertiary/aromatic N) is 3. The van der Waals surface area contributed by atoms with Crippen LogP contribution in [-0.4, -0.2) is 58.4 Å². The molecule has 2 aliphatic rings. The second-order valence-corrected chi connectivity index (χ2v) is 9.34. The zero-order valence-electron chi connectivity index (χ0n) is 19.6. The smallest absolute Gasteiger partial charge is 0.244 e. The van der Waals surface area contributed by atoms with Crippen molar-refractivity contribution in [2.24, 2.45) is 0 Å². The summed E-state index contributed by atoms with van der Waals surface area (Å²) in [6.45, 7) is 3.49. The summed E-state index contributed by atoms with van der Waals surface area (Å²) >= 11 is 0. The molecule has 4 aromatic rings. The summed E-state index contributed by atoms with van der Waals surface area (Å²) in [6, 6.07) is 29.3. The zero-order valence-corrected chi connectivity index (χ0v) is 19.6. The van der Waals surface area contributed by atoms with Crippen molar-refractivity contribution < 1.29 is 9.59 Å². The average molecular weight is 465 g/mol. The molecule has 2 saturated heterocycles. The number of piperazine rings is 2. The molecule has 2 fully saturated rings. The lowest BCUT2D eigenvalue weighted by Crippen LogP contribution is -2.65. The Morgan fingerprint density at radius 1 is 0.800 bits per heavy atom. The van der Waals surface area contributed by atoms with Crippen LogP contribution in [0.3, 0.4) is 0 Å². The fourth-order valence-corrected chi connectivity index (χ4v) is 5.50. The zero-order chi connectivity index (χ0) is 23.8. The Hall–Kier alpha value is -3.90. The molecule has 0 bridgehead atoms. The molecule has 0 aliphatic carbocycles. The summed E-state index contributed by atoms with van der Waals surface area (Å²) in [5.74, 6) is -0.0391. The Bertz CT molecular complexity index is 1380. The Morgan fingerprint density at radius 2 is 1.51 bits per heavy atom. The van der Waals surface area contributed by atoms with E-state index >= 15 is 0 Å². The second-order valence-electron chi connectivity index (χ2n) is 9.34. The predicted molar refractivity (Wildman–Crippen MR) is 137 cm³/mol. The number of carbonyl (C=O) groups is 2. The highest BCUT2D eigenvalue weighted by molar-refractivity contribution is 5.95. The van der Waals surface area contributed by atoms with E-state index in [2.05, 4.69) is 87.6 Å². The molecule has 2 amide bonds. The summed E-state index contributed by atoms with van der Waals surface area (Å²) < 4.78 is 2.42. The minimum atomic E-state index is -0.414. The monoisotopic (exact) mass is 464 g/mol. The molecule has 1 atom stereocenters. The number of aromatic nitrogens is 1. The summed E-state index contributed by atoms with van der Waals surface area (Å²) in [5, 5.41) is 3.98.